The van der Waals surface area contributed by atoms with Crippen molar-refractivity contribution in [3.63, 3.8) is 0 Å². The number of hydrogen-bond acceptors (Lipinski definition) is 4. The fourth-order valence-corrected chi connectivity index (χ4v) is 4.67. The van der Waals surface area contributed by atoms with Crippen LogP contribution in [0.2, 0.25) is 10.0 Å². The number of methoxy groups -OCH3 is 1. The molecule has 0 radical (unpaired) electrons. The summed E-state index contributed by atoms with van der Waals surface area (Å²) in [5.74, 6) is 0.716. The molecule has 0 aliphatic carbocycles. The van der Waals surface area contributed by atoms with Crippen LogP contribution in [0.4, 0.5) is 0 Å². The van der Waals surface area contributed by atoms with Gasteiger partial charge in [0.2, 0.25) is 0 Å². The highest BCUT2D eigenvalue weighted by atomic mass is 79.9. The van der Waals surface area contributed by atoms with Crippen molar-refractivity contribution in [3.8, 4) is 17.2 Å². The van der Waals surface area contributed by atoms with Gasteiger partial charge in [-0.25, -0.2) is 5.43 Å². The Bertz CT molecular complexity index is 1450. The van der Waals surface area contributed by atoms with E-state index in [4.69, 9.17) is 32.7 Å². The minimum absolute atomic E-state index is 0.241. The van der Waals surface area contributed by atoms with Crippen LogP contribution < -0.4 is 14.9 Å². The van der Waals surface area contributed by atoms with E-state index in [1.165, 1.54) is 6.21 Å². The van der Waals surface area contributed by atoms with Gasteiger partial charge in [0, 0.05) is 48.3 Å². The maximum atomic E-state index is 12.6. The van der Waals surface area contributed by atoms with Crippen LogP contribution in [0.5, 0.6) is 11.5 Å². The van der Waals surface area contributed by atoms with E-state index < -0.39 is 0 Å². The van der Waals surface area contributed by atoms with Crippen LogP contribution in [0.1, 0.15) is 32.9 Å². The number of halogens is 3. The molecule has 1 amide bonds. The van der Waals surface area contributed by atoms with E-state index in [2.05, 4.69) is 43.2 Å². The first-order chi connectivity index (χ1) is 17.8. The number of carbonyl (C=O) groups is 1. The summed E-state index contributed by atoms with van der Waals surface area (Å²) in [7, 11) is 1.55. The molecule has 1 heterocycles. The van der Waals surface area contributed by atoms with Crippen molar-refractivity contribution in [1.82, 2.24) is 9.99 Å². The topological polar surface area (TPSA) is 64.8 Å². The van der Waals surface area contributed by atoms with Gasteiger partial charge < -0.3 is 14.0 Å². The molecule has 0 aliphatic rings. The first-order valence-electron chi connectivity index (χ1n) is 11.3. The summed E-state index contributed by atoms with van der Waals surface area (Å²) < 4.78 is 14.2. The molecule has 0 saturated heterocycles. The van der Waals surface area contributed by atoms with Crippen LogP contribution in [0.15, 0.2) is 76.3 Å². The average molecular weight is 601 g/mol. The van der Waals surface area contributed by atoms with E-state index in [9.17, 15) is 4.79 Å². The molecule has 190 valence electrons. The van der Waals surface area contributed by atoms with Crippen LogP contribution in [0.3, 0.4) is 0 Å². The van der Waals surface area contributed by atoms with Gasteiger partial charge in [0.25, 0.3) is 5.91 Å². The third-order valence-electron chi connectivity index (χ3n) is 5.71. The van der Waals surface area contributed by atoms with Crippen LogP contribution >= 0.6 is 39.1 Å². The van der Waals surface area contributed by atoms with Gasteiger partial charge in [-0.05, 0) is 90.4 Å². The van der Waals surface area contributed by atoms with Gasteiger partial charge >= 0.3 is 0 Å². The second kappa shape index (κ2) is 11.9. The zero-order valence-corrected chi connectivity index (χ0v) is 23.5. The lowest BCUT2D eigenvalue weighted by atomic mass is 10.2. The van der Waals surface area contributed by atoms with E-state index >= 15 is 0 Å². The monoisotopic (exact) mass is 599 g/mol. The third kappa shape index (κ3) is 6.36. The second-order valence-electron chi connectivity index (χ2n) is 8.25. The fraction of sp³-hybridized carbons (Fsp3) is 0.143. The number of amides is 1. The van der Waals surface area contributed by atoms with Gasteiger partial charge in [0.15, 0.2) is 11.5 Å². The van der Waals surface area contributed by atoms with Crippen LogP contribution in [0, 0.1) is 13.8 Å². The molecule has 0 spiro atoms. The quantitative estimate of drug-likeness (QED) is 0.168. The van der Waals surface area contributed by atoms with Crippen molar-refractivity contribution < 1.29 is 14.3 Å². The van der Waals surface area contributed by atoms with Crippen molar-refractivity contribution in [2.24, 2.45) is 5.10 Å². The SMILES string of the molecule is COc1cc(C=NNC(=O)c2ccc(-n3c(C)ccc3C)cc2)c(Br)cc1OCc1ccc(Cl)cc1Cl. The number of nitrogens with one attached hydrogen (secondary N) is 1. The van der Waals surface area contributed by atoms with Crippen LogP contribution in [0.25, 0.3) is 5.69 Å². The molecule has 3 aromatic carbocycles. The first-order valence-corrected chi connectivity index (χ1v) is 12.8. The Morgan fingerprint density at radius 3 is 2.35 bits per heavy atom. The largest absolute Gasteiger partial charge is 0.493 e. The summed E-state index contributed by atoms with van der Waals surface area (Å²) in [6.45, 7) is 4.33. The number of benzene rings is 3. The van der Waals surface area contributed by atoms with E-state index in [1.54, 1.807) is 43.5 Å². The molecule has 4 rings (SSSR count). The molecule has 0 bridgehead atoms. The highest BCUT2D eigenvalue weighted by molar-refractivity contribution is 9.10. The van der Waals surface area contributed by atoms with E-state index in [0.29, 0.717) is 37.1 Å². The van der Waals surface area contributed by atoms with Gasteiger partial charge in [-0.2, -0.15) is 5.10 Å². The minimum atomic E-state index is -0.313. The maximum Gasteiger partial charge on any atom is 0.271 e. The Morgan fingerprint density at radius 2 is 1.70 bits per heavy atom. The molecule has 0 aliphatic heterocycles. The summed E-state index contributed by atoms with van der Waals surface area (Å²) in [5, 5.41) is 5.19. The summed E-state index contributed by atoms with van der Waals surface area (Å²) in [5.41, 5.74) is 7.82. The van der Waals surface area contributed by atoms with Crippen molar-refractivity contribution in [3.05, 3.63) is 109 Å². The van der Waals surface area contributed by atoms with Gasteiger partial charge in [-0.3, -0.25) is 4.79 Å². The number of nitrogens with zero attached hydrogens (tertiary/aromatic N) is 2. The minimum Gasteiger partial charge on any atom is -0.493 e. The molecule has 0 saturated carbocycles. The predicted molar refractivity (Wildman–Crippen MR) is 152 cm³/mol. The molecular formula is C28H24BrCl2N3O3. The van der Waals surface area contributed by atoms with Crippen molar-refractivity contribution in [1.29, 1.82) is 0 Å². The molecule has 37 heavy (non-hydrogen) atoms. The zero-order chi connectivity index (χ0) is 26.5. The molecule has 4 aromatic rings. The number of carbonyl (C=O) groups excluding carboxylic acids is 1. The summed E-state index contributed by atoms with van der Waals surface area (Å²) in [6.07, 6.45) is 1.53. The number of rotatable bonds is 8. The smallest absolute Gasteiger partial charge is 0.271 e. The molecule has 6 nitrogen and oxygen atoms in total. The Labute approximate surface area is 233 Å². The number of aryl methyl sites for hydroxylation is 2. The van der Waals surface area contributed by atoms with Crippen molar-refractivity contribution in [2.45, 2.75) is 20.5 Å². The highest BCUT2D eigenvalue weighted by Gasteiger charge is 2.12. The third-order valence-corrected chi connectivity index (χ3v) is 6.98. The lowest BCUT2D eigenvalue weighted by Gasteiger charge is -2.13. The van der Waals surface area contributed by atoms with Crippen LogP contribution in [-0.2, 0) is 6.61 Å². The van der Waals surface area contributed by atoms with Gasteiger partial charge in [0.05, 0.1) is 13.3 Å². The molecular weight excluding hydrogens is 577 g/mol. The Hall–Kier alpha value is -3.26. The standard InChI is InChI=1S/C28H24BrCl2N3O3/c1-17-4-5-18(2)34(17)23-10-7-19(8-11-23)28(35)33-32-15-21-12-26(36-3)27(14-24(21)29)37-16-20-6-9-22(30)13-25(20)31/h4-15H,16H2,1-3H3,(H,33,35). The number of ether oxygens (including phenoxy) is 2. The Kier molecular flexibility index (Phi) is 8.59. The van der Waals surface area contributed by atoms with Gasteiger partial charge in [-0.15, -0.1) is 0 Å². The summed E-state index contributed by atoms with van der Waals surface area (Å²) in [6, 6.07) is 20.3. The molecule has 1 aromatic heterocycles. The average Bonchev–Trinajstić information content (AvgIpc) is 3.22. The number of aromatic nitrogens is 1. The van der Waals surface area contributed by atoms with Gasteiger partial charge in [-0.1, -0.05) is 29.3 Å². The zero-order valence-electron chi connectivity index (χ0n) is 20.4. The molecule has 1 N–H and O–H groups in total. The number of hydrogen-bond donors (Lipinski definition) is 1. The molecule has 9 heteroatoms. The Morgan fingerprint density at radius 1 is 1.00 bits per heavy atom. The van der Waals surface area contributed by atoms with E-state index in [-0.39, 0.29) is 12.5 Å². The molecule has 0 fully saturated rings. The molecule has 0 unspecified atom stereocenters. The summed E-state index contributed by atoms with van der Waals surface area (Å²) in [4.78, 5) is 12.6. The maximum absolute atomic E-state index is 12.6. The molecule has 0 atom stereocenters. The number of hydrazone groups is 1. The normalized spacial score (nSPS) is 11.1. The summed E-state index contributed by atoms with van der Waals surface area (Å²) >= 11 is 15.7. The lowest BCUT2D eigenvalue weighted by molar-refractivity contribution is 0.0955. The van der Waals surface area contributed by atoms with Crippen molar-refractivity contribution >= 4 is 51.3 Å². The second-order valence-corrected chi connectivity index (χ2v) is 9.94. The van der Waals surface area contributed by atoms with E-state index in [0.717, 1.165) is 22.6 Å². The van der Waals surface area contributed by atoms with Crippen LogP contribution in [-0.4, -0.2) is 23.8 Å². The lowest BCUT2D eigenvalue weighted by Crippen LogP contribution is -2.17. The van der Waals surface area contributed by atoms with Gasteiger partial charge in [0.1, 0.15) is 6.61 Å². The fourth-order valence-electron chi connectivity index (χ4n) is 3.78. The van der Waals surface area contributed by atoms with E-state index in [1.807, 2.05) is 32.0 Å². The highest BCUT2D eigenvalue weighted by Crippen LogP contribution is 2.34. The Balaban J connectivity index is 1.42. The first kappa shape index (κ1) is 26.8. The van der Waals surface area contributed by atoms with Crippen molar-refractivity contribution in [2.75, 3.05) is 7.11 Å². The predicted octanol–water partition coefficient (Wildman–Crippen LogP) is 7.51.